The Balaban J connectivity index is 2.24. The molecule has 1 fully saturated rings. The van der Waals surface area contributed by atoms with Gasteiger partial charge in [0.25, 0.3) is 0 Å². The zero-order chi connectivity index (χ0) is 14.8. The van der Waals surface area contributed by atoms with Crippen molar-refractivity contribution in [1.82, 2.24) is 0 Å². The summed E-state index contributed by atoms with van der Waals surface area (Å²) in [7, 11) is 0. The van der Waals surface area contributed by atoms with Crippen LogP contribution in [0.25, 0.3) is 0 Å². The summed E-state index contributed by atoms with van der Waals surface area (Å²) in [5, 5.41) is 0. The summed E-state index contributed by atoms with van der Waals surface area (Å²) in [6.07, 6.45) is -0.283. The summed E-state index contributed by atoms with van der Waals surface area (Å²) in [4.78, 5) is 0. The Morgan fingerprint density at radius 2 is 1.85 bits per heavy atom. The Morgan fingerprint density at radius 1 is 1.15 bits per heavy atom. The molecule has 2 unspecified atom stereocenters. The van der Waals surface area contributed by atoms with Crippen molar-refractivity contribution < 1.29 is 17.9 Å². The van der Waals surface area contributed by atoms with Gasteiger partial charge in [0.05, 0.1) is 5.56 Å². The summed E-state index contributed by atoms with van der Waals surface area (Å²) in [6, 6.07) is 3.73. The molecule has 1 aliphatic rings. The first kappa shape index (κ1) is 15.6. The smallest absolute Gasteiger partial charge is 0.420 e. The molecule has 2 rings (SSSR count). The van der Waals surface area contributed by atoms with E-state index in [1.54, 1.807) is 6.07 Å². The van der Waals surface area contributed by atoms with E-state index in [1.807, 2.05) is 0 Å². The molecule has 2 nitrogen and oxygen atoms in total. The van der Waals surface area contributed by atoms with Crippen LogP contribution in [0.5, 0.6) is 5.75 Å². The van der Waals surface area contributed by atoms with E-state index in [1.165, 1.54) is 6.07 Å². The van der Waals surface area contributed by atoms with Crippen LogP contribution in [-0.2, 0) is 6.18 Å². The molecule has 0 aliphatic heterocycles. The fourth-order valence-electron chi connectivity index (χ4n) is 2.44. The SMILES string of the molecule is NC1CCCCCC1Oc1ccc(Br)cc1C(F)(F)F. The molecule has 2 N–H and O–H groups in total. The lowest BCUT2D eigenvalue weighted by atomic mass is 10.1. The van der Waals surface area contributed by atoms with E-state index in [0.717, 1.165) is 31.7 Å². The maximum Gasteiger partial charge on any atom is 0.420 e. The van der Waals surface area contributed by atoms with Crippen LogP contribution in [0.3, 0.4) is 0 Å². The van der Waals surface area contributed by atoms with Crippen molar-refractivity contribution in [3.63, 3.8) is 0 Å². The van der Waals surface area contributed by atoms with Gasteiger partial charge in [0.15, 0.2) is 0 Å². The highest BCUT2D eigenvalue weighted by Crippen LogP contribution is 2.39. The van der Waals surface area contributed by atoms with Crippen molar-refractivity contribution >= 4 is 15.9 Å². The van der Waals surface area contributed by atoms with Gasteiger partial charge in [-0.15, -0.1) is 0 Å². The minimum Gasteiger partial charge on any atom is -0.488 e. The van der Waals surface area contributed by atoms with E-state index in [9.17, 15) is 13.2 Å². The van der Waals surface area contributed by atoms with Gasteiger partial charge in [0.1, 0.15) is 11.9 Å². The lowest BCUT2D eigenvalue weighted by Crippen LogP contribution is -2.38. The molecule has 112 valence electrons. The molecular formula is C14H17BrF3NO. The van der Waals surface area contributed by atoms with Gasteiger partial charge in [-0.05, 0) is 37.5 Å². The number of halogens is 4. The molecule has 6 heteroatoms. The van der Waals surface area contributed by atoms with E-state index in [0.29, 0.717) is 10.9 Å². The Morgan fingerprint density at radius 3 is 2.55 bits per heavy atom. The van der Waals surface area contributed by atoms with E-state index in [-0.39, 0.29) is 17.9 Å². The third-order valence-electron chi connectivity index (χ3n) is 3.53. The van der Waals surface area contributed by atoms with Crippen LogP contribution in [0.15, 0.2) is 22.7 Å². The van der Waals surface area contributed by atoms with Crippen molar-refractivity contribution in [2.24, 2.45) is 5.73 Å². The lowest BCUT2D eigenvalue weighted by molar-refractivity contribution is -0.139. The maximum absolute atomic E-state index is 13.0. The predicted octanol–water partition coefficient (Wildman–Crippen LogP) is 4.51. The van der Waals surface area contributed by atoms with E-state index in [2.05, 4.69) is 15.9 Å². The third-order valence-corrected chi connectivity index (χ3v) is 4.02. The number of benzene rings is 1. The fraction of sp³-hybridized carbons (Fsp3) is 0.571. The van der Waals surface area contributed by atoms with Crippen LogP contribution in [0.2, 0.25) is 0 Å². The highest BCUT2D eigenvalue weighted by atomic mass is 79.9. The van der Waals surface area contributed by atoms with Crippen LogP contribution < -0.4 is 10.5 Å². The van der Waals surface area contributed by atoms with Gasteiger partial charge in [-0.2, -0.15) is 13.2 Å². The molecule has 1 aliphatic carbocycles. The Hall–Kier alpha value is -0.750. The predicted molar refractivity (Wildman–Crippen MR) is 74.6 cm³/mol. The Kier molecular flexibility index (Phi) is 4.96. The zero-order valence-corrected chi connectivity index (χ0v) is 12.5. The standard InChI is InChI=1S/C14H17BrF3NO/c15-9-6-7-12(10(8-9)14(16,17)18)20-13-5-3-1-2-4-11(13)19/h6-8,11,13H,1-5,19H2. The second-order valence-corrected chi connectivity index (χ2v) is 6.01. The van der Waals surface area contributed by atoms with Crippen LogP contribution >= 0.6 is 15.9 Å². The average molecular weight is 352 g/mol. The minimum atomic E-state index is -4.44. The molecule has 0 spiro atoms. The van der Waals surface area contributed by atoms with Crippen molar-refractivity contribution in [3.8, 4) is 5.75 Å². The Bertz CT molecular complexity index is 464. The van der Waals surface area contributed by atoms with Crippen molar-refractivity contribution in [2.75, 3.05) is 0 Å². The number of ether oxygens (including phenoxy) is 1. The quantitative estimate of drug-likeness (QED) is 0.795. The zero-order valence-electron chi connectivity index (χ0n) is 10.9. The highest BCUT2D eigenvalue weighted by molar-refractivity contribution is 9.10. The summed E-state index contributed by atoms with van der Waals surface area (Å²) >= 11 is 3.06. The topological polar surface area (TPSA) is 35.2 Å². The van der Waals surface area contributed by atoms with Crippen molar-refractivity contribution in [3.05, 3.63) is 28.2 Å². The first-order valence-corrected chi connectivity index (χ1v) is 7.46. The van der Waals surface area contributed by atoms with Gasteiger partial charge >= 0.3 is 6.18 Å². The number of nitrogens with two attached hydrogens (primary N) is 1. The van der Waals surface area contributed by atoms with Crippen molar-refractivity contribution in [1.29, 1.82) is 0 Å². The van der Waals surface area contributed by atoms with Crippen LogP contribution in [0.4, 0.5) is 13.2 Å². The number of rotatable bonds is 2. The summed E-state index contributed by atoms with van der Waals surface area (Å²) < 4.78 is 45.1. The van der Waals surface area contributed by atoms with Gasteiger partial charge in [-0.25, -0.2) is 0 Å². The van der Waals surface area contributed by atoms with Crippen LogP contribution in [-0.4, -0.2) is 12.1 Å². The lowest BCUT2D eigenvalue weighted by Gasteiger charge is -2.25. The number of alkyl halides is 3. The van der Waals surface area contributed by atoms with Crippen LogP contribution in [0.1, 0.15) is 37.7 Å². The van der Waals surface area contributed by atoms with Crippen LogP contribution in [0, 0.1) is 0 Å². The monoisotopic (exact) mass is 351 g/mol. The molecular weight excluding hydrogens is 335 g/mol. The molecule has 0 amide bonds. The molecule has 0 aromatic heterocycles. The molecule has 20 heavy (non-hydrogen) atoms. The molecule has 0 radical (unpaired) electrons. The van der Waals surface area contributed by atoms with Crippen molar-refractivity contribution in [2.45, 2.75) is 50.4 Å². The first-order chi connectivity index (χ1) is 9.38. The summed E-state index contributed by atoms with van der Waals surface area (Å²) in [6.45, 7) is 0. The van der Waals surface area contributed by atoms with Gasteiger partial charge in [0.2, 0.25) is 0 Å². The first-order valence-electron chi connectivity index (χ1n) is 6.67. The fourth-order valence-corrected chi connectivity index (χ4v) is 2.80. The molecule has 2 atom stereocenters. The second-order valence-electron chi connectivity index (χ2n) is 5.10. The summed E-state index contributed by atoms with van der Waals surface area (Å²) in [5.74, 6) is -0.136. The average Bonchev–Trinajstić information content (AvgIpc) is 2.56. The third kappa shape index (κ3) is 3.88. The molecule has 1 saturated carbocycles. The second kappa shape index (κ2) is 6.35. The van der Waals surface area contributed by atoms with Gasteiger partial charge < -0.3 is 10.5 Å². The number of hydrogen-bond acceptors (Lipinski definition) is 2. The van der Waals surface area contributed by atoms with E-state index in [4.69, 9.17) is 10.5 Å². The minimum absolute atomic E-state index is 0.136. The molecule has 1 aromatic rings. The number of hydrogen-bond donors (Lipinski definition) is 1. The van der Waals surface area contributed by atoms with E-state index >= 15 is 0 Å². The maximum atomic E-state index is 13.0. The molecule has 0 heterocycles. The summed E-state index contributed by atoms with van der Waals surface area (Å²) in [5.41, 5.74) is 5.24. The molecule has 0 bridgehead atoms. The molecule has 0 saturated heterocycles. The van der Waals surface area contributed by atoms with Gasteiger partial charge in [-0.1, -0.05) is 28.8 Å². The van der Waals surface area contributed by atoms with E-state index < -0.39 is 11.7 Å². The van der Waals surface area contributed by atoms with Gasteiger partial charge in [-0.3, -0.25) is 0 Å². The molecule has 1 aromatic carbocycles. The van der Waals surface area contributed by atoms with Gasteiger partial charge in [0, 0.05) is 10.5 Å². The Labute approximate surface area is 124 Å². The largest absolute Gasteiger partial charge is 0.488 e. The highest BCUT2D eigenvalue weighted by Gasteiger charge is 2.35. The normalized spacial score (nSPS) is 24.2.